The fourth-order valence-electron chi connectivity index (χ4n) is 2.88. The summed E-state index contributed by atoms with van der Waals surface area (Å²) in [5.74, 6) is 2.13. The van der Waals surface area contributed by atoms with Crippen molar-refractivity contribution in [3.05, 3.63) is 34.6 Å². The minimum atomic E-state index is -2.62. The minimum Gasteiger partial charge on any atom is -0.271 e. The number of nitrogens with one attached hydrogen (secondary N) is 1. The molecule has 1 aromatic carbocycles. The van der Waals surface area contributed by atoms with Gasteiger partial charge < -0.3 is 0 Å². The van der Waals surface area contributed by atoms with Crippen LogP contribution in [0.2, 0.25) is 5.02 Å². The van der Waals surface area contributed by atoms with E-state index in [2.05, 4.69) is 5.43 Å². The molecule has 0 aromatic heterocycles. The summed E-state index contributed by atoms with van der Waals surface area (Å²) in [6.45, 7) is 0. The zero-order chi connectivity index (χ0) is 14.8. The zero-order valence-corrected chi connectivity index (χ0v) is 11.8. The number of hydrogen-bond donors (Lipinski definition) is 2. The maximum absolute atomic E-state index is 14.0. The Kier molecular flexibility index (Phi) is 4.94. The van der Waals surface area contributed by atoms with Gasteiger partial charge in [-0.15, -0.1) is 0 Å². The van der Waals surface area contributed by atoms with Gasteiger partial charge in [-0.1, -0.05) is 23.7 Å². The average Bonchev–Trinajstić information content (AvgIpc) is 2.38. The van der Waals surface area contributed by atoms with Crippen LogP contribution in [0.3, 0.4) is 0 Å². The molecule has 0 saturated heterocycles. The summed E-state index contributed by atoms with van der Waals surface area (Å²) >= 11 is 5.74. The molecule has 0 heterocycles. The molecule has 2 nitrogen and oxygen atoms in total. The molecule has 1 aromatic rings. The molecule has 112 valence electrons. The first-order chi connectivity index (χ1) is 9.43. The second-order valence-corrected chi connectivity index (χ2v) is 5.82. The van der Waals surface area contributed by atoms with Crippen molar-refractivity contribution in [2.45, 2.75) is 44.1 Å². The monoisotopic (exact) mass is 306 g/mol. The van der Waals surface area contributed by atoms with Gasteiger partial charge in [-0.25, -0.2) is 13.2 Å². The van der Waals surface area contributed by atoms with E-state index in [0.717, 1.165) is 6.42 Å². The van der Waals surface area contributed by atoms with Crippen molar-refractivity contribution in [2.75, 3.05) is 0 Å². The van der Waals surface area contributed by atoms with Gasteiger partial charge in [0.05, 0.1) is 5.02 Å². The van der Waals surface area contributed by atoms with E-state index in [1.165, 1.54) is 6.07 Å². The Morgan fingerprint density at radius 1 is 1.45 bits per heavy atom. The molecular weight excluding hydrogens is 289 g/mol. The molecule has 3 N–H and O–H groups in total. The Morgan fingerprint density at radius 2 is 2.20 bits per heavy atom. The standard InChI is InChI=1S/C14H18ClF3N2/c15-11-5-1-4-10(13(11)16)12(20-19)7-9-3-2-6-14(17,18)8-9/h1,4-5,9,12,20H,2-3,6-8,19H2. The smallest absolute Gasteiger partial charge is 0.248 e. The largest absolute Gasteiger partial charge is 0.271 e. The first kappa shape index (κ1) is 15.6. The van der Waals surface area contributed by atoms with Gasteiger partial charge in [0.15, 0.2) is 0 Å². The van der Waals surface area contributed by atoms with Crippen LogP contribution in [0.25, 0.3) is 0 Å². The molecule has 1 fully saturated rings. The van der Waals surface area contributed by atoms with E-state index in [9.17, 15) is 13.2 Å². The summed E-state index contributed by atoms with van der Waals surface area (Å²) in [7, 11) is 0. The number of nitrogens with two attached hydrogens (primary N) is 1. The van der Waals surface area contributed by atoms with Crippen LogP contribution in [-0.4, -0.2) is 5.92 Å². The van der Waals surface area contributed by atoms with Crippen molar-refractivity contribution in [1.29, 1.82) is 0 Å². The van der Waals surface area contributed by atoms with E-state index in [1.807, 2.05) is 0 Å². The van der Waals surface area contributed by atoms with Gasteiger partial charge in [0.25, 0.3) is 0 Å². The van der Waals surface area contributed by atoms with Crippen molar-refractivity contribution in [1.82, 2.24) is 5.43 Å². The van der Waals surface area contributed by atoms with Crippen LogP contribution < -0.4 is 11.3 Å². The lowest BCUT2D eigenvalue weighted by atomic mass is 9.81. The summed E-state index contributed by atoms with van der Waals surface area (Å²) in [6.07, 6.45) is 1.37. The number of alkyl halides is 2. The molecule has 1 saturated carbocycles. The summed E-state index contributed by atoms with van der Waals surface area (Å²) < 4.78 is 40.8. The number of halogens is 4. The van der Waals surface area contributed by atoms with Gasteiger partial charge in [-0.2, -0.15) is 0 Å². The first-order valence-corrected chi connectivity index (χ1v) is 7.08. The summed E-state index contributed by atoms with van der Waals surface area (Å²) in [6, 6.07) is 4.14. The Balaban J connectivity index is 2.11. The van der Waals surface area contributed by atoms with Crippen LogP contribution in [0.1, 0.15) is 43.7 Å². The van der Waals surface area contributed by atoms with Gasteiger partial charge in [0.2, 0.25) is 5.92 Å². The van der Waals surface area contributed by atoms with Crippen molar-refractivity contribution in [3.8, 4) is 0 Å². The number of rotatable bonds is 4. The fourth-order valence-corrected chi connectivity index (χ4v) is 3.07. The topological polar surface area (TPSA) is 38.0 Å². The zero-order valence-electron chi connectivity index (χ0n) is 11.0. The Labute approximate surface area is 121 Å². The highest BCUT2D eigenvalue weighted by atomic mass is 35.5. The van der Waals surface area contributed by atoms with E-state index in [4.69, 9.17) is 17.4 Å². The van der Waals surface area contributed by atoms with Crippen molar-refractivity contribution < 1.29 is 13.2 Å². The summed E-state index contributed by atoms with van der Waals surface area (Å²) in [5.41, 5.74) is 2.85. The highest BCUT2D eigenvalue weighted by Gasteiger charge is 2.37. The Hall–Kier alpha value is -0.780. The first-order valence-electron chi connectivity index (χ1n) is 6.71. The molecule has 0 bridgehead atoms. The van der Waals surface area contributed by atoms with Crippen LogP contribution in [0, 0.1) is 11.7 Å². The summed E-state index contributed by atoms with van der Waals surface area (Å²) in [5, 5.41) is 0.0109. The minimum absolute atomic E-state index is 0.0109. The third-order valence-electron chi connectivity index (χ3n) is 3.87. The lowest BCUT2D eigenvalue weighted by Gasteiger charge is -2.31. The third kappa shape index (κ3) is 3.65. The van der Waals surface area contributed by atoms with E-state index >= 15 is 0 Å². The average molecular weight is 307 g/mol. The van der Waals surface area contributed by atoms with Crippen molar-refractivity contribution in [3.63, 3.8) is 0 Å². The molecule has 0 spiro atoms. The molecule has 2 atom stereocenters. The Bertz CT molecular complexity index is 468. The lowest BCUT2D eigenvalue weighted by Crippen LogP contribution is -2.33. The fraction of sp³-hybridized carbons (Fsp3) is 0.571. The molecule has 1 aliphatic rings. The van der Waals surface area contributed by atoms with Crippen molar-refractivity contribution in [2.24, 2.45) is 11.8 Å². The molecule has 0 amide bonds. The predicted octanol–water partition coefficient (Wildman–Crippen LogP) is 4.20. The number of benzene rings is 1. The van der Waals surface area contributed by atoms with Crippen LogP contribution in [0.4, 0.5) is 13.2 Å². The van der Waals surface area contributed by atoms with E-state index < -0.39 is 17.8 Å². The second-order valence-electron chi connectivity index (χ2n) is 5.42. The SMILES string of the molecule is NNC(CC1CCCC(F)(F)C1)c1cccc(Cl)c1F. The van der Waals surface area contributed by atoms with Crippen LogP contribution in [-0.2, 0) is 0 Å². The molecule has 20 heavy (non-hydrogen) atoms. The van der Waals surface area contributed by atoms with Gasteiger partial charge in [0.1, 0.15) is 5.82 Å². The molecule has 1 aliphatic carbocycles. The molecule has 2 rings (SSSR count). The molecular formula is C14H18ClF3N2. The van der Waals surface area contributed by atoms with Gasteiger partial charge >= 0.3 is 0 Å². The Morgan fingerprint density at radius 3 is 2.85 bits per heavy atom. The maximum atomic E-state index is 14.0. The van der Waals surface area contributed by atoms with E-state index in [-0.39, 0.29) is 23.8 Å². The molecule has 2 unspecified atom stereocenters. The van der Waals surface area contributed by atoms with Gasteiger partial charge in [0, 0.05) is 24.4 Å². The molecule has 0 radical (unpaired) electrons. The van der Waals surface area contributed by atoms with E-state index in [1.54, 1.807) is 12.1 Å². The number of hydrazine groups is 1. The predicted molar refractivity (Wildman–Crippen MR) is 73.0 cm³/mol. The number of hydrogen-bond acceptors (Lipinski definition) is 2. The second kappa shape index (κ2) is 6.33. The highest BCUT2D eigenvalue weighted by molar-refractivity contribution is 6.30. The lowest BCUT2D eigenvalue weighted by molar-refractivity contribution is -0.0548. The quantitative estimate of drug-likeness (QED) is 0.646. The van der Waals surface area contributed by atoms with E-state index in [0.29, 0.717) is 18.4 Å². The molecule has 6 heteroatoms. The molecule has 0 aliphatic heterocycles. The van der Waals surface area contributed by atoms with Gasteiger partial charge in [-0.05, 0) is 31.2 Å². The third-order valence-corrected chi connectivity index (χ3v) is 4.16. The van der Waals surface area contributed by atoms with Gasteiger partial charge in [-0.3, -0.25) is 11.3 Å². The normalized spacial score (nSPS) is 23.6. The highest BCUT2D eigenvalue weighted by Crippen LogP contribution is 2.40. The summed E-state index contributed by atoms with van der Waals surface area (Å²) in [4.78, 5) is 0. The van der Waals surface area contributed by atoms with Crippen LogP contribution in [0.15, 0.2) is 18.2 Å². The van der Waals surface area contributed by atoms with Crippen LogP contribution >= 0.6 is 11.6 Å². The van der Waals surface area contributed by atoms with Crippen molar-refractivity contribution >= 4 is 11.6 Å². The van der Waals surface area contributed by atoms with Crippen LogP contribution in [0.5, 0.6) is 0 Å². The maximum Gasteiger partial charge on any atom is 0.248 e.